The Bertz CT molecular complexity index is 885. The van der Waals surface area contributed by atoms with Crippen LogP contribution in [0.3, 0.4) is 0 Å². The number of hydrogen-bond donors (Lipinski definition) is 1. The van der Waals surface area contributed by atoms with Crippen LogP contribution in [0.4, 0.5) is 5.69 Å². The Kier molecular flexibility index (Phi) is 5.52. The average Bonchev–Trinajstić information content (AvgIpc) is 3.06. The molecule has 1 aromatic heterocycles. The van der Waals surface area contributed by atoms with Crippen LogP contribution in [-0.2, 0) is 4.79 Å². The van der Waals surface area contributed by atoms with Crippen LogP contribution >= 0.6 is 33.9 Å². The number of benzene rings is 2. The van der Waals surface area contributed by atoms with Gasteiger partial charge in [-0.3, -0.25) is 9.69 Å². The van der Waals surface area contributed by atoms with E-state index in [0.29, 0.717) is 12.5 Å². The summed E-state index contributed by atoms with van der Waals surface area (Å²) >= 11 is 4.07. The van der Waals surface area contributed by atoms with E-state index in [1.807, 2.05) is 41.7 Å². The van der Waals surface area contributed by atoms with E-state index in [2.05, 4.69) is 51.0 Å². The number of aromatic nitrogens is 1. The molecule has 26 heavy (non-hydrogen) atoms. The number of nitrogens with one attached hydrogen (secondary N) is 1. The number of nitrogens with zero attached hydrogens (tertiary/aromatic N) is 2. The zero-order valence-electron chi connectivity index (χ0n) is 14.3. The highest BCUT2D eigenvalue weighted by molar-refractivity contribution is 14.1. The second-order valence-corrected chi connectivity index (χ2v) is 8.94. The Morgan fingerprint density at radius 3 is 2.77 bits per heavy atom. The van der Waals surface area contributed by atoms with E-state index in [0.717, 1.165) is 40.7 Å². The van der Waals surface area contributed by atoms with Crippen LogP contribution in [0, 0.1) is 3.57 Å². The lowest BCUT2D eigenvalue weighted by molar-refractivity contribution is -0.117. The summed E-state index contributed by atoms with van der Waals surface area (Å²) in [7, 11) is 0. The van der Waals surface area contributed by atoms with Crippen molar-refractivity contribution in [2.45, 2.75) is 18.8 Å². The van der Waals surface area contributed by atoms with Crippen molar-refractivity contribution in [1.29, 1.82) is 0 Å². The molecule has 0 bridgehead atoms. The number of rotatable bonds is 4. The Morgan fingerprint density at radius 2 is 2.00 bits per heavy atom. The van der Waals surface area contributed by atoms with Gasteiger partial charge in [-0.15, -0.1) is 11.3 Å². The number of carbonyl (C=O) groups is 1. The third kappa shape index (κ3) is 4.24. The second kappa shape index (κ2) is 8.02. The molecule has 1 N–H and O–H groups in total. The lowest BCUT2D eigenvalue weighted by Crippen LogP contribution is -2.38. The quantitative estimate of drug-likeness (QED) is 0.554. The second-order valence-electron chi connectivity index (χ2n) is 6.63. The summed E-state index contributed by atoms with van der Waals surface area (Å²) in [5, 5.41) is 4.24. The van der Waals surface area contributed by atoms with Crippen molar-refractivity contribution < 1.29 is 4.79 Å². The zero-order valence-corrected chi connectivity index (χ0v) is 17.3. The van der Waals surface area contributed by atoms with Gasteiger partial charge in [0.2, 0.25) is 5.91 Å². The topological polar surface area (TPSA) is 45.2 Å². The van der Waals surface area contributed by atoms with Gasteiger partial charge in [0, 0.05) is 15.2 Å². The number of halogens is 1. The van der Waals surface area contributed by atoms with Crippen molar-refractivity contribution in [2.24, 2.45) is 0 Å². The molecule has 6 heteroatoms. The fraction of sp³-hybridized carbons (Fsp3) is 0.300. The molecular formula is C20H20IN3OS. The van der Waals surface area contributed by atoms with E-state index in [4.69, 9.17) is 4.98 Å². The highest BCUT2D eigenvalue weighted by Gasteiger charge is 2.24. The molecule has 134 valence electrons. The third-order valence-electron chi connectivity index (χ3n) is 4.72. The zero-order chi connectivity index (χ0) is 17.9. The van der Waals surface area contributed by atoms with E-state index >= 15 is 0 Å². The number of hydrogen-bond acceptors (Lipinski definition) is 4. The molecular weight excluding hydrogens is 457 g/mol. The molecule has 0 unspecified atom stereocenters. The summed E-state index contributed by atoms with van der Waals surface area (Å²) in [6, 6.07) is 16.2. The smallest absolute Gasteiger partial charge is 0.238 e. The number of fused-ring (bicyclic) bond motifs is 1. The Morgan fingerprint density at radius 1 is 1.19 bits per heavy atom. The van der Waals surface area contributed by atoms with Crippen molar-refractivity contribution in [3.05, 3.63) is 57.1 Å². The Labute approximate surface area is 170 Å². The number of likely N-dealkylation sites (tertiary alicyclic amines) is 1. The molecule has 0 spiro atoms. The minimum absolute atomic E-state index is 0.0606. The van der Waals surface area contributed by atoms with Crippen LogP contribution < -0.4 is 5.32 Å². The lowest BCUT2D eigenvalue weighted by atomic mass is 9.97. The number of para-hydroxylation sites is 1. The van der Waals surface area contributed by atoms with Crippen LogP contribution in [0.5, 0.6) is 0 Å². The molecule has 2 heterocycles. The third-order valence-corrected chi connectivity index (χ3v) is 6.59. The lowest BCUT2D eigenvalue weighted by Gasteiger charge is -2.30. The molecule has 1 fully saturated rings. The van der Waals surface area contributed by atoms with Gasteiger partial charge in [0.05, 0.1) is 21.8 Å². The first-order valence-electron chi connectivity index (χ1n) is 8.80. The van der Waals surface area contributed by atoms with Crippen LogP contribution in [0.25, 0.3) is 10.2 Å². The predicted molar refractivity (Wildman–Crippen MR) is 116 cm³/mol. The summed E-state index contributed by atoms with van der Waals surface area (Å²) in [6.45, 7) is 2.35. The van der Waals surface area contributed by atoms with Gasteiger partial charge in [0.15, 0.2) is 0 Å². The highest BCUT2D eigenvalue weighted by atomic mass is 127. The Balaban J connectivity index is 1.31. The number of piperidine rings is 1. The van der Waals surface area contributed by atoms with Crippen molar-refractivity contribution in [3.63, 3.8) is 0 Å². The van der Waals surface area contributed by atoms with Crippen molar-refractivity contribution in [1.82, 2.24) is 9.88 Å². The van der Waals surface area contributed by atoms with E-state index in [-0.39, 0.29) is 5.91 Å². The number of carbonyl (C=O) groups excluding carboxylic acids is 1. The molecule has 2 aromatic carbocycles. The monoisotopic (exact) mass is 477 g/mol. The molecule has 0 radical (unpaired) electrons. The van der Waals surface area contributed by atoms with E-state index in [9.17, 15) is 4.79 Å². The minimum atomic E-state index is 0.0606. The summed E-state index contributed by atoms with van der Waals surface area (Å²) in [5.41, 5.74) is 1.97. The van der Waals surface area contributed by atoms with E-state index < -0.39 is 0 Å². The van der Waals surface area contributed by atoms with Gasteiger partial charge in [0.1, 0.15) is 0 Å². The first kappa shape index (κ1) is 17.9. The average molecular weight is 477 g/mol. The van der Waals surface area contributed by atoms with Gasteiger partial charge in [-0.2, -0.15) is 0 Å². The molecule has 4 rings (SSSR count). The fourth-order valence-corrected chi connectivity index (χ4v) is 5.05. The van der Waals surface area contributed by atoms with Gasteiger partial charge < -0.3 is 5.32 Å². The Hall–Kier alpha value is -1.51. The SMILES string of the molecule is O=C(CN1CCC(c2nc3ccccc3s2)CC1)Nc1cccc(I)c1. The number of thiazole rings is 1. The van der Waals surface area contributed by atoms with Crippen LogP contribution in [-0.4, -0.2) is 35.4 Å². The molecule has 0 atom stereocenters. The van der Waals surface area contributed by atoms with Gasteiger partial charge in [-0.05, 0) is 78.9 Å². The van der Waals surface area contributed by atoms with Crippen molar-refractivity contribution in [2.75, 3.05) is 25.0 Å². The first-order chi connectivity index (χ1) is 12.7. The van der Waals surface area contributed by atoms with Gasteiger partial charge in [-0.25, -0.2) is 4.98 Å². The summed E-state index contributed by atoms with van der Waals surface area (Å²) in [4.78, 5) is 19.3. The van der Waals surface area contributed by atoms with Crippen molar-refractivity contribution in [3.8, 4) is 0 Å². The highest BCUT2D eigenvalue weighted by Crippen LogP contribution is 2.33. The van der Waals surface area contributed by atoms with Crippen LogP contribution in [0.15, 0.2) is 48.5 Å². The first-order valence-corrected chi connectivity index (χ1v) is 10.7. The van der Waals surface area contributed by atoms with Crippen molar-refractivity contribution >= 4 is 55.7 Å². The van der Waals surface area contributed by atoms with E-state index in [1.165, 1.54) is 9.71 Å². The molecule has 0 saturated carbocycles. The molecule has 0 aliphatic carbocycles. The molecule has 3 aromatic rings. The number of anilines is 1. The largest absolute Gasteiger partial charge is 0.325 e. The number of amides is 1. The van der Waals surface area contributed by atoms with Gasteiger partial charge in [-0.1, -0.05) is 18.2 Å². The normalized spacial score (nSPS) is 16.0. The molecule has 1 aliphatic heterocycles. The van der Waals surface area contributed by atoms with Gasteiger partial charge >= 0.3 is 0 Å². The molecule has 1 saturated heterocycles. The minimum Gasteiger partial charge on any atom is -0.325 e. The van der Waals surface area contributed by atoms with Gasteiger partial charge in [0.25, 0.3) is 0 Å². The molecule has 1 amide bonds. The summed E-state index contributed by atoms with van der Waals surface area (Å²) in [6.07, 6.45) is 2.13. The maximum atomic E-state index is 12.3. The molecule has 4 nitrogen and oxygen atoms in total. The fourth-order valence-electron chi connectivity index (χ4n) is 3.37. The predicted octanol–water partition coefficient (Wildman–Crippen LogP) is 4.72. The van der Waals surface area contributed by atoms with Crippen LogP contribution in [0.2, 0.25) is 0 Å². The maximum Gasteiger partial charge on any atom is 0.238 e. The van der Waals surface area contributed by atoms with Crippen LogP contribution in [0.1, 0.15) is 23.8 Å². The molecule has 1 aliphatic rings. The summed E-state index contributed by atoms with van der Waals surface area (Å²) < 4.78 is 2.39. The van der Waals surface area contributed by atoms with E-state index in [1.54, 1.807) is 0 Å². The standard InChI is InChI=1S/C20H20IN3OS/c21-15-4-3-5-16(12-15)22-19(25)13-24-10-8-14(9-11-24)20-23-17-6-1-2-7-18(17)26-20/h1-7,12,14H,8-11,13H2,(H,22,25). The maximum absolute atomic E-state index is 12.3. The summed E-state index contributed by atoms with van der Waals surface area (Å²) in [5.74, 6) is 0.577.